The first kappa shape index (κ1) is 10.7. The van der Waals surface area contributed by atoms with E-state index >= 15 is 0 Å². The van der Waals surface area contributed by atoms with Gasteiger partial charge in [0.05, 0.1) is 9.49 Å². The molecule has 1 aromatic heterocycles. The van der Waals surface area contributed by atoms with Gasteiger partial charge in [-0.25, -0.2) is 0 Å². The number of fused-ring (bicyclic) bond motifs is 1. The predicted molar refractivity (Wildman–Crippen MR) is 73.4 cm³/mol. The second-order valence-electron chi connectivity index (χ2n) is 2.81. The maximum Gasteiger partial charge on any atom is 0.121 e. The zero-order valence-electron chi connectivity index (χ0n) is 7.51. The van der Waals surface area contributed by atoms with Gasteiger partial charge in [0, 0.05) is 9.17 Å². The Hall–Kier alpha value is 0.190. The molecular weight excluding hydrogens is 375 g/mol. The van der Waals surface area contributed by atoms with E-state index in [-0.39, 0.29) is 0 Å². The molecule has 0 bridgehead atoms. The van der Waals surface area contributed by atoms with Crippen LogP contribution in [0, 0.1) is 2.88 Å². The van der Waals surface area contributed by atoms with E-state index in [1.807, 2.05) is 13.0 Å². The topological polar surface area (TPSA) is 9.23 Å². The SMILES string of the molecule is CCOc1cc(Br)c2sc(I)cc2c1. The number of halogens is 2. The summed E-state index contributed by atoms with van der Waals surface area (Å²) in [7, 11) is 0. The largest absolute Gasteiger partial charge is 0.494 e. The van der Waals surface area contributed by atoms with Gasteiger partial charge in [-0.3, -0.25) is 0 Å². The lowest BCUT2D eigenvalue weighted by atomic mass is 10.2. The predicted octanol–water partition coefficient (Wildman–Crippen LogP) is 4.67. The molecule has 1 aromatic carbocycles. The van der Waals surface area contributed by atoms with Crippen LogP contribution in [0.2, 0.25) is 0 Å². The van der Waals surface area contributed by atoms with Crippen LogP contribution in [-0.4, -0.2) is 6.61 Å². The lowest BCUT2D eigenvalue weighted by Crippen LogP contribution is -1.90. The van der Waals surface area contributed by atoms with E-state index in [1.165, 1.54) is 13.0 Å². The summed E-state index contributed by atoms with van der Waals surface area (Å²) in [5, 5.41) is 1.25. The summed E-state index contributed by atoms with van der Waals surface area (Å²) < 4.78 is 9.18. The van der Waals surface area contributed by atoms with Crippen molar-refractivity contribution < 1.29 is 4.74 Å². The molecular formula is C10H8BrIOS. The minimum Gasteiger partial charge on any atom is -0.494 e. The molecule has 0 aliphatic carbocycles. The van der Waals surface area contributed by atoms with Gasteiger partial charge in [0.1, 0.15) is 5.75 Å². The van der Waals surface area contributed by atoms with Crippen LogP contribution in [0.1, 0.15) is 6.92 Å². The Kier molecular flexibility index (Phi) is 3.34. The lowest BCUT2D eigenvalue weighted by Gasteiger charge is -2.03. The van der Waals surface area contributed by atoms with Crippen molar-refractivity contribution >= 4 is 59.9 Å². The number of benzene rings is 1. The molecule has 0 N–H and O–H groups in total. The molecule has 0 unspecified atom stereocenters. The minimum absolute atomic E-state index is 0.708. The van der Waals surface area contributed by atoms with Crippen molar-refractivity contribution in [2.24, 2.45) is 0 Å². The average Bonchev–Trinajstić information content (AvgIpc) is 2.47. The normalized spacial score (nSPS) is 10.8. The third kappa shape index (κ3) is 2.06. The standard InChI is InChI=1S/C10H8BrIOS/c1-2-13-7-3-6-4-9(12)14-10(6)8(11)5-7/h3-5H,2H2,1H3. The summed E-state index contributed by atoms with van der Waals surface area (Å²) in [5.41, 5.74) is 0. The fraction of sp³-hybridized carbons (Fsp3) is 0.200. The minimum atomic E-state index is 0.708. The molecule has 0 saturated carbocycles. The van der Waals surface area contributed by atoms with Crippen molar-refractivity contribution in [3.63, 3.8) is 0 Å². The van der Waals surface area contributed by atoms with Crippen molar-refractivity contribution in [3.05, 3.63) is 25.6 Å². The quantitative estimate of drug-likeness (QED) is 0.686. The van der Waals surface area contributed by atoms with E-state index in [4.69, 9.17) is 4.74 Å². The van der Waals surface area contributed by atoms with Gasteiger partial charge < -0.3 is 4.74 Å². The van der Waals surface area contributed by atoms with Crippen molar-refractivity contribution in [2.75, 3.05) is 6.61 Å². The van der Waals surface area contributed by atoms with Crippen LogP contribution in [0.15, 0.2) is 22.7 Å². The van der Waals surface area contributed by atoms with Crippen LogP contribution in [0.25, 0.3) is 10.1 Å². The maximum absolute atomic E-state index is 5.48. The van der Waals surface area contributed by atoms with E-state index in [0.717, 1.165) is 10.2 Å². The number of hydrogen-bond acceptors (Lipinski definition) is 2. The second kappa shape index (κ2) is 4.37. The van der Waals surface area contributed by atoms with Crippen LogP contribution in [-0.2, 0) is 0 Å². The van der Waals surface area contributed by atoms with Gasteiger partial charge in [-0.15, -0.1) is 11.3 Å². The van der Waals surface area contributed by atoms with E-state index in [1.54, 1.807) is 11.3 Å². The molecule has 0 spiro atoms. The highest BCUT2D eigenvalue weighted by Gasteiger charge is 2.06. The first-order valence-electron chi connectivity index (χ1n) is 4.22. The van der Waals surface area contributed by atoms with Crippen LogP contribution in [0.4, 0.5) is 0 Å². The maximum atomic E-state index is 5.48. The van der Waals surface area contributed by atoms with Gasteiger partial charge in [-0.1, -0.05) is 0 Å². The summed E-state index contributed by atoms with van der Waals surface area (Å²) in [6.45, 7) is 2.70. The molecule has 0 fully saturated rings. The van der Waals surface area contributed by atoms with Gasteiger partial charge in [-0.05, 0) is 69.0 Å². The van der Waals surface area contributed by atoms with Crippen LogP contribution < -0.4 is 4.74 Å². The fourth-order valence-corrected chi connectivity index (χ4v) is 3.77. The van der Waals surface area contributed by atoms with Crippen LogP contribution >= 0.6 is 49.9 Å². The molecule has 14 heavy (non-hydrogen) atoms. The number of ether oxygens (including phenoxy) is 1. The van der Waals surface area contributed by atoms with Crippen molar-refractivity contribution in [2.45, 2.75) is 6.92 Å². The number of rotatable bonds is 2. The Labute approximate surface area is 109 Å². The number of hydrogen-bond donors (Lipinski definition) is 0. The molecule has 0 saturated heterocycles. The molecule has 2 rings (SSSR count). The van der Waals surface area contributed by atoms with Crippen LogP contribution in [0.3, 0.4) is 0 Å². The van der Waals surface area contributed by atoms with Gasteiger partial charge in [-0.2, -0.15) is 0 Å². The summed E-state index contributed by atoms with van der Waals surface area (Å²) in [5.74, 6) is 0.932. The molecule has 0 radical (unpaired) electrons. The molecule has 0 amide bonds. The molecule has 4 heteroatoms. The summed E-state index contributed by atoms with van der Waals surface area (Å²) in [6.07, 6.45) is 0. The van der Waals surface area contributed by atoms with Gasteiger partial charge in [0.2, 0.25) is 0 Å². The summed E-state index contributed by atoms with van der Waals surface area (Å²) in [4.78, 5) is 0. The molecule has 74 valence electrons. The third-order valence-electron chi connectivity index (χ3n) is 1.83. The Morgan fingerprint density at radius 3 is 2.93 bits per heavy atom. The highest BCUT2D eigenvalue weighted by Crippen LogP contribution is 2.36. The zero-order valence-corrected chi connectivity index (χ0v) is 12.1. The van der Waals surface area contributed by atoms with Gasteiger partial charge in [0.25, 0.3) is 0 Å². The monoisotopic (exact) mass is 382 g/mol. The first-order valence-corrected chi connectivity index (χ1v) is 6.91. The van der Waals surface area contributed by atoms with E-state index in [9.17, 15) is 0 Å². The third-order valence-corrected chi connectivity index (χ3v) is 4.66. The van der Waals surface area contributed by atoms with Crippen LogP contribution in [0.5, 0.6) is 5.75 Å². The van der Waals surface area contributed by atoms with E-state index in [0.29, 0.717) is 6.61 Å². The smallest absolute Gasteiger partial charge is 0.121 e. The van der Waals surface area contributed by atoms with Crippen molar-refractivity contribution in [1.82, 2.24) is 0 Å². The molecule has 0 atom stereocenters. The van der Waals surface area contributed by atoms with Crippen molar-refractivity contribution in [1.29, 1.82) is 0 Å². The Bertz CT molecular complexity index is 466. The molecule has 0 aliphatic heterocycles. The lowest BCUT2D eigenvalue weighted by molar-refractivity contribution is 0.340. The van der Waals surface area contributed by atoms with E-state index in [2.05, 4.69) is 50.7 Å². The average molecular weight is 383 g/mol. The highest BCUT2D eigenvalue weighted by atomic mass is 127. The Balaban J connectivity index is 2.59. The first-order chi connectivity index (χ1) is 6.70. The second-order valence-corrected chi connectivity index (χ2v) is 6.61. The highest BCUT2D eigenvalue weighted by molar-refractivity contribution is 14.1. The van der Waals surface area contributed by atoms with Gasteiger partial charge in [0.15, 0.2) is 0 Å². The molecule has 0 aliphatic rings. The summed E-state index contributed by atoms with van der Waals surface area (Å²) in [6, 6.07) is 6.29. The molecule has 2 aromatic rings. The molecule has 1 heterocycles. The summed E-state index contributed by atoms with van der Waals surface area (Å²) >= 11 is 7.69. The Morgan fingerprint density at radius 1 is 1.43 bits per heavy atom. The molecule has 1 nitrogen and oxygen atoms in total. The fourth-order valence-electron chi connectivity index (χ4n) is 1.30. The van der Waals surface area contributed by atoms with Crippen molar-refractivity contribution in [3.8, 4) is 5.75 Å². The van der Waals surface area contributed by atoms with E-state index < -0.39 is 0 Å². The number of thiophene rings is 1. The zero-order chi connectivity index (χ0) is 10.1. The van der Waals surface area contributed by atoms with Gasteiger partial charge >= 0.3 is 0 Å². The Morgan fingerprint density at radius 2 is 2.21 bits per heavy atom.